The van der Waals surface area contributed by atoms with Crippen LogP contribution in [-0.4, -0.2) is 11.1 Å². The second-order valence-corrected chi connectivity index (χ2v) is 10.6. The summed E-state index contributed by atoms with van der Waals surface area (Å²) in [6.07, 6.45) is 5.39. The molecule has 5 heteroatoms. The summed E-state index contributed by atoms with van der Waals surface area (Å²) in [5.41, 5.74) is 5.27. The quantitative estimate of drug-likeness (QED) is 0.232. The van der Waals surface area contributed by atoms with E-state index in [2.05, 4.69) is 82.7 Å². The van der Waals surface area contributed by atoms with E-state index >= 15 is 0 Å². The summed E-state index contributed by atoms with van der Waals surface area (Å²) in [5.74, 6) is 0. The van der Waals surface area contributed by atoms with Crippen molar-refractivity contribution in [1.82, 2.24) is 4.57 Å². The van der Waals surface area contributed by atoms with E-state index in [0.717, 1.165) is 43.6 Å². The third-order valence-electron chi connectivity index (χ3n) is 6.92. The molecule has 174 valence electrons. The van der Waals surface area contributed by atoms with Crippen LogP contribution in [0.5, 0.6) is 0 Å². The van der Waals surface area contributed by atoms with Gasteiger partial charge < -0.3 is 4.57 Å². The summed E-state index contributed by atoms with van der Waals surface area (Å²) in [6, 6.07) is 27.5. The van der Waals surface area contributed by atoms with Gasteiger partial charge in [0, 0.05) is 29.6 Å². The van der Waals surface area contributed by atoms with Gasteiger partial charge in [0.1, 0.15) is 0 Å². The lowest BCUT2D eigenvalue weighted by Gasteiger charge is -2.43. The molecule has 0 spiro atoms. The van der Waals surface area contributed by atoms with Crippen LogP contribution in [0, 0.1) is 0 Å². The van der Waals surface area contributed by atoms with E-state index in [4.69, 9.17) is 28.2 Å². The Morgan fingerprint density at radius 3 is 2.12 bits per heavy atom. The van der Waals surface area contributed by atoms with Crippen LogP contribution < -0.4 is 4.80 Å². The molecule has 34 heavy (non-hydrogen) atoms. The Morgan fingerprint density at radius 2 is 1.50 bits per heavy atom. The minimum absolute atomic E-state index is 0.0192. The molecule has 0 amide bonds. The lowest BCUT2D eigenvalue weighted by molar-refractivity contribution is 0.282. The number of rotatable bonds is 8. The van der Waals surface area contributed by atoms with E-state index in [1.807, 2.05) is 6.07 Å². The van der Waals surface area contributed by atoms with Crippen molar-refractivity contribution in [1.29, 1.82) is 0 Å². The molecule has 0 N–H and O–H groups in total. The van der Waals surface area contributed by atoms with E-state index in [0.29, 0.717) is 10.0 Å². The molecular formula is C29H28Cl2N2S. The molecule has 4 aromatic rings. The molecule has 0 aliphatic heterocycles. The molecule has 0 radical (unpaired) electrons. The second-order valence-electron chi connectivity index (χ2n) is 8.97. The number of aryl methyl sites for hydroxylation is 1. The average molecular weight is 508 g/mol. The summed E-state index contributed by atoms with van der Waals surface area (Å²) in [7, 11) is 0. The highest BCUT2D eigenvalue weighted by Crippen LogP contribution is 2.50. The maximum atomic E-state index is 6.45. The van der Waals surface area contributed by atoms with Gasteiger partial charge in [0.05, 0.1) is 10.0 Å². The molecular weight excluding hydrogens is 479 g/mol. The van der Waals surface area contributed by atoms with E-state index in [1.165, 1.54) is 28.8 Å². The van der Waals surface area contributed by atoms with Crippen molar-refractivity contribution >= 4 is 34.5 Å². The van der Waals surface area contributed by atoms with Gasteiger partial charge in [-0.1, -0.05) is 96.4 Å². The molecule has 0 atom stereocenters. The number of aromatic nitrogens is 1. The first-order chi connectivity index (χ1) is 16.7. The SMILES string of the molecule is Clc1ccc(C2(c3cs/c(=N/CCc4ccccc4)n3CCc3ccccc3)CCC2)cc1Cl. The first-order valence-electron chi connectivity index (χ1n) is 11.9. The third kappa shape index (κ3) is 4.88. The van der Waals surface area contributed by atoms with E-state index in [9.17, 15) is 0 Å². The third-order valence-corrected chi connectivity index (χ3v) is 8.56. The van der Waals surface area contributed by atoms with Gasteiger partial charge in [0.2, 0.25) is 0 Å². The van der Waals surface area contributed by atoms with Gasteiger partial charge >= 0.3 is 0 Å². The van der Waals surface area contributed by atoms with Crippen molar-refractivity contribution in [2.75, 3.05) is 6.54 Å². The summed E-state index contributed by atoms with van der Waals surface area (Å²) in [6.45, 7) is 1.70. The molecule has 0 unspecified atom stereocenters. The molecule has 2 nitrogen and oxygen atoms in total. The Morgan fingerprint density at radius 1 is 0.824 bits per heavy atom. The fraction of sp³-hybridized carbons (Fsp3) is 0.276. The number of benzene rings is 3. The minimum Gasteiger partial charge on any atom is -0.320 e. The lowest BCUT2D eigenvalue weighted by atomic mass is 9.62. The Labute approximate surface area is 215 Å². The number of thiazole rings is 1. The van der Waals surface area contributed by atoms with E-state index < -0.39 is 0 Å². The van der Waals surface area contributed by atoms with Gasteiger partial charge in [-0.15, -0.1) is 11.3 Å². The van der Waals surface area contributed by atoms with Gasteiger partial charge in [0.15, 0.2) is 4.80 Å². The zero-order chi connectivity index (χ0) is 23.4. The first-order valence-corrected chi connectivity index (χ1v) is 13.5. The van der Waals surface area contributed by atoms with Gasteiger partial charge in [-0.2, -0.15) is 0 Å². The van der Waals surface area contributed by atoms with Crippen LogP contribution in [0.2, 0.25) is 10.0 Å². The van der Waals surface area contributed by atoms with E-state index in [-0.39, 0.29) is 5.41 Å². The molecule has 3 aromatic carbocycles. The molecule has 5 rings (SSSR count). The number of hydrogen-bond donors (Lipinski definition) is 0. The number of nitrogens with zero attached hydrogens (tertiary/aromatic N) is 2. The molecule has 0 bridgehead atoms. The zero-order valence-electron chi connectivity index (χ0n) is 19.1. The van der Waals surface area contributed by atoms with Crippen LogP contribution in [0.15, 0.2) is 89.2 Å². The van der Waals surface area contributed by atoms with Crippen LogP contribution in [0.1, 0.15) is 41.6 Å². The maximum absolute atomic E-state index is 6.45. The highest BCUT2D eigenvalue weighted by atomic mass is 35.5. The largest absolute Gasteiger partial charge is 0.320 e. The molecule has 1 saturated carbocycles. The molecule has 1 fully saturated rings. The molecule has 1 aromatic heterocycles. The van der Waals surface area contributed by atoms with Crippen LogP contribution in [0.3, 0.4) is 0 Å². The highest BCUT2D eigenvalue weighted by molar-refractivity contribution is 7.07. The lowest BCUT2D eigenvalue weighted by Crippen LogP contribution is -2.39. The summed E-state index contributed by atoms with van der Waals surface area (Å²) in [4.78, 5) is 6.17. The number of halogens is 2. The molecule has 1 aliphatic carbocycles. The Balaban J connectivity index is 1.50. The Kier molecular flexibility index (Phi) is 7.24. The highest BCUT2D eigenvalue weighted by Gasteiger charge is 2.43. The van der Waals surface area contributed by atoms with Crippen LogP contribution in [0.4, 0.5) is 0 Å². The summed E-state index contributed by atoms with van der Waals surface area (Å²) < 4.78 is 2.46. The van der Waals surface area contributed by atoms with Crippen LogP contribution >= 0.6 is 34.5 Å². The van der Waals surface area contributed by atoms with Crippen LogP contribution in [-0.2, 0) is 24.8 Å². The smallest absolute Gasteiger partial charge is 0.184 e. The summed E-state index contributed by atoms with van der Waals surface area (Å²) >= 11 is 14.5. The maximum Gasteiger partial charge on any atom is 0.184 e. The fourth-order valence-corrected chi connectivity index (χ4v) is 6.23. The average Bonchev–Trinajstić information content (AvgIpc) is 3.23. The Bertz CT molecular complexity index is 1300. The molecule has 1 heterocycles. The monoisotopic (exact) mass is 506 g/mol. The van der Waals surface area contributed by atoms with Crippen molar-refractivity contribution in [3.8, 4) is 0 Å². The van der Waals surface area contributed by atoms with Crippen molar-refractivity contribution in [2.45, 2.75) is 44.1 Å². The predicted molar refractivity (Wildman–Crippen MR) is 144 cm³/mol. The number of hydrogen-bond acceptors (Lipinski definition) is 2. The minimum atomic E-state index is -0.0192. The van der Waals surface area contributed by atoms with Gasteiger partial charge in [-0.25, -0.2) is 0 Å². The van der Waals surface area contributed by atoms with Gasteiger partial charge in [0.25, 0.3) is 0 Å². The van der Waals surface area contributed by atoms with E-state index in [1.54, 1.807) is 11.3 Å². The van der Waals surface area contributed by atoms with Gasteiger partial charge in [-0.3, -0.25) is 4.99 Å². The van der Waals surface area contributed by atoms with Crippen LogP contribution in [0.25, 0.3) is 0 Å². The predicted octanol–water partition coefficient (Wildman–Crippen LogP) is 7.71. The van der Waals surface area contributed by atoms with Crippen molar-refractivity contribution in [2.24, 2.45) is 4.99 Å². The molecule has 0 saturated heterocycles. The summed E-state index contributed by atoms with van der Waals surface area (Å²) in [5, 5.41) is 3.57. The standard InChI is InChI=1S/C29H28Cl2N2S/c30-25-13-12-24(20-26(25)31)29(16-7-17-29)27-21-34-28(32-18-14-22-8-3-1-4-9-22)33(27)19-15-23-10-5-2-6-11-23/h1-6,8-13,20-21H,7,14-19H2/b32-28+. The van der Waals surface area contributed by atoms with Crippen molar-refractivity contribution < 1.29 is 0 Å². The topological polar surface area (TPSA) is 17.3 Å². The van der Waals surface area contributed by atoms with Crippen molar-refractivity contribution in [3.63, 3.8) is 0 Å². The van der Waals surface area contributed by atoms with Gasteiger partial charge in [-0.05, 0) is 54.5 Å². The zero-order valence-corrected chi connectivity index (χ0v) is 21.4. The second kappa shape index (κ2) is 10.5. The Hall–Kier alpha value is -2.33. The van der Waals surface area contributed by atoms with Crippen molar-refractivity contribution in [3.05, 3.63) is 121 Å². The molecule has 1 aliphatic rings. The normalized spacial score (nSPS) is 15.3. The first kappa shape index (κ1) is 23.4. The fourth-order valence-electron chi connectivity index (χ4n) is 4.88.